The second kappa shape index (κ2) is 11.9. The molecule has 0 fully saturated rings. The number of aromatic nitrogens is 1. The van der Waals surface area contributed by atoms with E-state index in [0.29, 0.717) is 5.15 Å². The number of nitrogens with one attached hydrogen (secondary N) is 2. The quantitative estimate of drug-likeness (QED) is 0.281. The number of benzene rings is 1. The first-order valence-corrected chi connectivity index (χ1v) is 8.38. The van der Waals surface area contributed by atoms with E-state index in [0.717, 1.165) is 37.6 Å². The van der Waals surface area contributed by atoms with Gasteiger partial charge in [0.2, 0.25) is 0 Å². The predicted octanol–water partition coefficient (Wildman–Crippen LogP) is 3.20. The zero-order valence-electron chi connectivity index (χ0n) is 14.6. The Hall–Kier alpha value is -1.54. The fourth-order valence-corrected chi connectivity index (χ4v) is 2.37. The summed E-state index contributed by atoms with van der Waals surface area (Å²) in [6, 6.07) is 14.1. The first-order valence-electron chi connectivity index (χ1n) is 8.00. The van der Waals surface area contributed by atoms with Crippen molar-refractivity contribution < 1.29 is 0 Å². The predicted molar refractivity (Wildman–Crippen MR) is 117 cm³/mol. The van der Waals surface area contributed by atoms with E-state index in [-0.39, 0.29) is 24.0 Å². The van der Waals surface area contributed by atoms with Crippen LogP contribution in [0.3, 0.4) is 0 Å². The number of likely N-dealkylation sites (N-methyl/N-ethyl adjacent to an activating group) is 1. The minimum Gasteiger partial charge on any atom is -0.373 e. The van der Waals surface area contributed by atoms with Crippen LogP contribution in [-0.4, -0.2) is 44.7 Å². The van der Waals surface area contributed by atoms with Crippen molar-refractivity contribution in [2.24, 2.45) is 4.99 Å². The summed E-state index contributed by atoms with van der Waals surface area (Å²) in [5.74, 6) is 0.804. The molecule has 2 aromatic rings. The first-order chi connectivity index (χ1) is 11.7. The van der Waals surface area contributed by atoms with Crippen LogP contribution in [0.5, 0.6) is 0 Å². The summed E-state index contributed by atoms with van der Waals surface area (Å²) in [5.41, 5.74) is 2.35. The molecule has 0 aliphatic carbocycles. The minimum atomic E-state index is 0. The van der Waals surface area contributed by atoms with Gasteiger partial charge in [-0.05, 0) is 30.2 Å². The largest absolute Gasteiger partial charge is 0.373 e. The third-order valence-corrected chi connectivity index (χ3v) is 3.88. The molecule has 0 radical (unpaired) electrons. The van der Waals surface area contributed by atoms with Gasteiger partial charge in [0, 0.05) is 45.6 Å². The van der Waals surface area contributed by atoms with Crippen LogP contribution in [0.2, 0.25) is 5.15 Å². The van der Waals surface area contributed by atoms with Crippen molar-refractivity contribution >= 4 is 47.2 Å². The van der Waals surface area contributed by atoms with Crippen LogP contribution < -0.4 is 15.5 Å². The van der Waals surface area contributed by atoms with Crippen LogP contribution in [0.15, 0.2) is 53.7 Å². The van der Waals surface area contributed by atoms with E-state index in [2.05, 4.69) is 44.7 Å². The van der Waals surface area contributed by atoms with Gasteiger partial charge < -0.3 is 15.5 Å². The number of halogens is 2. The zero-order chi connectivity index (χ0) is 17.2. The molecule has 1 heterocycles. The van der Waals surface area contributed by atoms with Crippen LogP contribution in [0, 0.1) is 0 Å². The maximum atomic E-state index is 5.79. The topological polar surface area (TPSA) is 52.6 Å². The average Bonchev–Trinajstić information content (AvgIpc) is 2.62. The highest BCUT2D eigenvalue weighted by Crippen LogP contribution is 2.09. The van der Waals surface area contributed by atoms with Crippen molar-refractivity contribution in [2.45, 2.75) is 6.42 Å². The lowest BCUT2D eigenvalue weighted by molar-refractivity contribution is 0.770. The van der Waals surface area contributed by atoms with Gasteiger partial charge in [0.15, 0.2) is 5.96 Å². The molecule has 2 N–H and O–H groups in total. The standard InChI is InChI=1S/C18H24ClN5.HI/c1-20-18(21-11-10-15-8-9-17(19)23-14-15)22-12-13-24(2)16-6-4-3-5-7-16;/h3-9,14H,10-13H2,1-2H3,(H2,20,21,22);1H. The molecule has 0 bridgehead atoms. The van der Waals surface area contributed by atoms with Gasteiger partial charge in [0.25, 0.3) is 0 Å². The number of pyridine rings is 1. The number of guanidine groups is 1. The van der Waals surface area contributed by atoms with E-state index in [9.17, 15) is 0 Å². The summed E-state index contributed by atoms with van der Waals surface area (Å²) in [7, 11) is 3.86. The zero-order valence-corrected chi connectivity index (χ0v) is 17.7. The third kappa shape index (κ3) is 7.92. The number of aliphatic imine (C=N–C) groups is 1. The maximum Gasteiger partial charge on any atom is 0.191 e. The second-order valence-corrected chi connectivity index (χ2v) is 5.81. The molecule has 0 spiro atoms. The van der Waals surface area contributed by atoms with Gasteiger partial charge in [-0.25, -0.2) is 4.98 Å². The molecule has 0 saturated carbocycles. The Kier molecular flexibility index (Phi) is 10.3. The van der Waals surface area contributed by atoms with Crippen molar-refractivity contribution in [1.82, 2.24) is 15.6 Å². The summed E-state index contributed by atoms with van der Waals surface area (Å²) in [6.45, 7) is 2.50. The number of para-hydroxylation sites is 1. The lowest BCUT2D eigenvalue weighted by Crippen LogP contribution is -2.41. The van der Waals surface area contributed by atoms with Crippen LogP contribution in [0.4, 0.5) is 5.69 Å². The van der Waals surface area contributed by atoms with Crippen molar-refractivity contribution in [2.75, 3.05) is 38.6 Å². The normalized spacial score (nSPS) is 10.8. The highest BCUT2D eigenvalue weighted by atomic mass is 127. The molecular weight excluding hydrogens is 449 g/mol. The van der Waals surface area contributed by atoms with Gasteiger partial charge >= 0.3 is 0 Å². The Balaban J connectivity index is 0.00000312. The average molecular weight is 474 g/mol. The number of anilines is 1. The fourth-order valence-electron chi connectivity index (χ4n) is 2.25. The lowest BCUT2D eigenvalue weighted by Gasteiger charge is -2.20. The van der Waals surface area contributed by atoms with Crippen molar-refractivity contribution in [3.8, 4) is 0 Å². The van der Waals surface area contributed by atoms with Crippen LogP contribution >= 0.6 is 35.6 Å². The Bertz CT molecular complexity index is 634. The number of hydrogen-bond donors (Lipinski definition) is 2. The van der Waals surface area contributed by atoms with Crippen molar-refractivity contribution in [3.05, 3.63) is 59.4 Å². The molecule has 1 aromatic heterocycles. The number of nitrogens with zero attached hydrogens (tertiary/aromatic N) is 3. The molecule has 5 nitrogen and oxygen atoms in total. The van der Waals surface area contributed by atoms with E-state index >= 15 is 0 Å². The molecule has 0 saturated heterocycles. The summed E-state index contributed by atoms with van der Waals surface area (Å²) in [5, 5.41) is 7.15. The van der Waals surface area contributed by atoms with E-state index in [1.165, 1.54) is 5.69 Å². The Morgan fingerprint density at radius 2 is 1.84 bits per heavy atom. The highest BCUT2D eigenvalue weighted by Gasteiger charge is 2.01. The molecule has 136 valence electrons. The molecule has 0 amide bonds. The van der Waals surface area contributed by atoms with E-state index in [1.54, 1.807) is 13.2 Å². The summed E-state index contributed by atoms with van der Waals surface area (Å²) in [4.78, 5) is 10.5. The molecule has 0 atom stereocenters. The molecule has 25 heavy (non-hydrogen) atoms. The smallest absolute Gasteiger partial charge is 0.191 e. The lowest BCUT2D eigenvalue weighted by atomic mass is 10.2. The first kappa shape index (κ1) is 21.5. The fraction of sp³-hybridized carbons (Fsp3) is 0.333. The Labute approximate surface area is 171 Å². The highest BCUT2D eigenvalue weighted by molar-refractivity contribution is 14.0. The third-order valence-electron chi connectivity index (χ3n) is 3.65. The monoisotopic (exact) mass is 473 g/mol. The number of rotatable bonds is 7. The van der Waals surface area contributed by atoms with Crippen LogP contribution in [0.1, 0.15) is 5.56 Å². The second-order valence-electron chi connectivity index (χ2n) is 5.42. The maximum absolute atomic E-state index is 5.79. The van der Waals surface area contributed by atoms with Crippen molar-refractivity contribution in [3.63, 3.8) is 0 Å². The molecule has 0 unspecified atom stereocenters. The molecule has 7 heteroatoms. The summed E-state index contributed by atoms with van der Waals surface area (Å²) in [6.07, 6.45) is 2.67. The SMILES string of the molecule is CN=C(NCCc1ccc(Cl)nc1)NCCN(C)c1ccccc1.I. The molecular formula is C18H25ClIN5. The van der Waals surface area contributed by atoms with Gasteiger partial charge in [-0.2, -0.15) is 0 Å². The summed E-state index contributed by atoms with van der Waals surface area (Å²) < 4.78 is 0. The Morgan fingerprint density at radius 3 is 2.48 bits per heavy atom. The molecule has 0 aliphatic heterocycles. The van der Waals surface area contributed by atoms with Crippen molar-refractivity contribution in [1.29, 1.82) is 0 Å². The van der Waals surface area contributed by atoms with Gasteiger partial charge in [0.1, 0.15) is 5.15 Å². The van der Waals surface area contributed by atoms with E-state index in [1.807, 2.05) is 30.3 Å². The molecule has 1 aromatic carbocycles. The van der Waals surface area contributed by atoms with Gasteiger partial charge in [0.05, 0.1) is 0 Å². The summed E-state index contributed by atoms with van der Waals surface area (Å²) >= 11 is 5.79. The van der Waals surface area contributed by atoms with E-state index < -0.39 is 0 Å². The minimum absolute atomic E-state index is 0. The number of hydrogen-bond acceptors (Lipinski definition) is 3. The van der Waals surface area contributed by atoms with Crippen LogP contribution in [0.25, 0.3) is 0 Å². The van der Waals surface area contributed by atoms with E-state index in [4.69, 9.17) is 11.6 Å². The molecule has 0 aliphatic rings. The van der Waals surface area contributed by atoms with Gasteiger partial charge in [-0.1, -0.05) is 35.9 Å². The van der Waals surface area contributed by atoms with Gasteiger partial charge in [-0.15, -0.1) is 24.0 Å². The Morgan fingerprint density at radius 1 is 1.12 bits per heavy atom. The molecule has 2 rings (SSSR count). The van der Waals surface area contributed by atoms with Crippen LogP contribution in [-0.2, 0) is 6.42 Å². The van der Waals surface area contributed by atoms with Gasteiger partial charge in [-0.3, -0.25) is 4.99 Å².